The van der Waals surface area contributed by atoms with Gasteiger partial charge in [0.25, 0.3) is 0 Å². The number of methoxy groups -OCH3 is 2. The van der Waals surface area contributed by atoms with Crippen LogP contribution in [0.15, 0.2) is 30.5 Å². The fourth-order valence-electron chi connectivity index (χ4n) is 4.41. The number of imidazole rings is 1. The second-order valence-electron chi connectivity index (χ2n) is 11.6. The van der Waals surface area contributed by atoms with Gasteiger partial charge in [-0.05, 0) is 50.6 Å². The molecule has 10 nitrogen and oxygen atoms in total. The molecule has 2 atom stereocenters. The van der Waals surface area contributed by atoms with Crippen LogP contribution in [-0.2, 0) is 30.1 Å². The number of benzene rings is 1. The summed E-state index contributed by atoms with van der Waals surface area (Å²) in [5.74, 6) is 0.384. The number of nitrogens with one attached hydrogen (secondary N) is 2. The molecule has 11 heteroatoms. The molecular weight excluding hydrogens is 499 g/mol. The maximum absolute atomic E-state index is 13.6. The Hall–Kier alpha value is -2.89. The lowest BCUT2D eigenvalue weighted by Crippen LogP contribution is -2.52. The molecule has 0 spiro atoms. The highest BCUT2D eigenvalue weighted by atomic mass is 16.7. The molecule has 2 N–H and O–H groups in total. The number of aromatic nitrogens is 2. The van der Waals surface area contributed by atoms with Gasteiger partial charge >= 0.3 is 13.2 Å². The molecule has 0 aliphatic carbocycles. The SMILES string of the molecule is COC[C@@H](C)CN(Cc1ncc(-c2ccc(B3OC(C)(C)C(C)(C)O3)cc2)[nH]1)C(=O)[C@@H](NC(=O)OC)C(C)C. The van der Waals surface area contributed by atoms with Gasteiger partial charge in [0.15, 0.2) is 0 Å². The lowest BCUT2D eigenvalue weighted by molar-refractivity contribution is -0.136. The van der Waals surface area contributed by atoms with Crippen LogP contribution >= 0.6 is 0 Å². The molecule has 1 aromatic carbocycles. The van der Waals surface area contributed by atoms with E-state index in [2.05, 4.69) is 15.3 Å². The molecule has 1 saturated heterocycles. The molecule has 1 aliphatic rings. The number of aromatic amines is 1. The standard InChI is InChI=1S/C28H43BN4O6/c1-18(2)24(32-26(35)37-9)25(34)33(15-19(3)17-36-8)16-23-30-14-22(31-23)20-10-12-21(13-11-20)29-38-27(4,5)28(6,7)39-29/h10-14,18-19,24H,15-17H2,1-9H3,(H,30,31)(H,32,35)/t19-,24-/m0/s1. The van der Waals surface area contributed by atoms with Crippen LogP contribution in [0.1, 0.15) is 54.3 Å². The Kier molecular flexibility index (Phi) is 9.85. The average Bonchev–Trinajstić information content (AvgIpc) is 3.42. The fraction of sp³-hybridized carbons (Fsp3) is 0.607. The number of alkyl carbamates (subject to hydrolysis) is 1. The lowest BCUT2D eigenvalue weighted by atomic mass is 9.79. The van der Waals surface area contributed by atoms with Gasteiger partial charge in [0.1, 0.15) is 11.9 Å². The topological polar surface area (TPSA) is 115 Å². The third-order valence-electron chi connectivity index (χ3n) is 7.40. The number of carbonyl (C=O) groups excluding carboxylic acids is 2. The van der Waals surface area contributed by atoms with Gasteiger partial charge in [-0.3, -0.25) is 4.79 Å². The highest BCUT2D eigenvalue weighted by molar-refractivity contribution is 6.62. The number of nitrogens with zero attached hydrogens (tertiary/aromatic N) is 2. The van der Waals surface area contributed by atoms with Crippen molar-refractivity contribution in [3.05, 3.63) is 36.3 Å². The van der Waals surface area contributed by atoms with E-state index in [4.69, 9.17) is 18.8 Å². The Balaban J connectivity index is 1.76. The molecule has 2 heterocycles. The van der Waals surface area contributed by atoms with Crippen molar-refractivity contribution in [3.63, 3.8) is 0 Å². The van der Waals surface area contributed by atoms with Crippen LogP contribution in [0.3, 0.4) is 0 Å². The number of rotatable bonds is 11. The number of ether oxygens (including phenoxy) is 2. The lowest BCUT2D eigenvalue weighted by Gasteiger charge is -2.32. The number of hydrogen-bond acceptors (Lipinski definition) is 7. The Bertz CT molecular complexity index is 1100. The molecule has 2 aromatic rings. The van der Waals surface area contributed by atoms with E-state index in [1.54, 1.807) is 18.2 Å². The third-order valence-corrected chi connectivity index (χ3v) is 7.40. The van der Waals surface area contributed by atoms with Gasteiger partial charge in [-0.15, -0.1) is 0 Å². The van der Waals surface area contributed by atoms with E-state index in [1.165, 1.54) is 7.11 Å². The van der Waals surface area contributed by atoms with Crippen LogP contribution in [0.5, 0.6) is 0 Å². The van der Waals surface area contributed by atoms with Crippen LogP contribution in [0.2, 0.25) is 0 Å². The zero-order chi connectivity index (χ0) is 29.0. The van der Waals surface area contributed by atoms with Gasteiger partial charge in [0, 0.05) is 13.7 Å². The molecule has 0 bridgehead atoms. The summed E-state index contributed by atoms with van der Waals surface area (Å²) in [6.45, 7) is 15.1. The third kappa shape index (κ3) is 7.40. The number of H-pyrrole nitrogens is 1. The Labute approximate surface area is 232 Å². The van der Waals surface area contributed by atoms with Gasteiger partial charge in [-0.2, -0.15) is 0 Å². The molecule has 0 unspecified atom stereocenters. The summed E-state index contributed by atoms with van der Waals surface area (Å²) in [6.07, 6.45) is 1.11. The average molecular weight is 542 g/mol. The minimum absolute atomic E-state index is 0.0850. The summed E-state index contributed by atoms with van der Waals surface area (Å²) in [4.78, 5) is 35.1. The maximum Gasteiger partial charge on any atom is 0.494 e. The quantitative estimate of drug-likeness (QED) is 0.419. The summed E-state index contributed by atoms with van der Waals surface area (Å²) in [5.41, 5.74) is 1.92. The minimum atomic E-state index is -0.732. The van der Waals surface area contributed by atoms with E-state index in [0.29, 0.717) is 19.0 Å². The van der Waals surface area contributed by atoms with Crippen molar-refractivity contribution in [2.24, 2.45) is 11.8 Å². The number of carbonyl (C=O) groups is 2. The second kappa shape index (κ2) is 12.5. The van der Waals surface area contributed by atoms with Crippen LogP contribution in [-0.4, -0.2) is 78.6 Å². The van der Waals surface area contributed by atoms with Gasteiger partial charge in [-0.1, -0.05) is 45.0 Å². The number of hydrogen-bond donors (Lipinski definition) is 2. The van der Waals surface area contributed by atoms with Crippen molar-refractivity contribution >= 4 is 24.6 Å². The second-order valence-corrected chi connectivity index (χ2v) is 11.6. The largest absolute Gasteiger partial charge is 0.494 e. The first kappa shape index (κ1) is 30.7. The Morgan fingerprint density at radius 2 is 1.69 bits per heavy atom. The predicted molar refractivity (Wildman–Crippen MR) is 150 cm³/mol. The van der Waals surface area contributed by atoms with Crippen molar-refractivity contribution in [1.29, 1.82) is 0 Å². The molecular formula is C28H43BN4O6. The van der Waals surface area contributed by atoms with Crippen LogP contribution in [0, 0.1) is 11.8 Å². The molecule has 2 amide bonds. The summed E-state index contributed by atoms with van der Waals surface area (Å²) >= 11 is 0. The van der Waals surface area contributed by atoms with E-state index in [1.807, 2.05) is 72.7 Å². The van der Waals surface area contributed by atoms with Gasteiger partial charge < -0.3 is 34.0 Å². The van der Waals surface area contributed by atoms with Crippen molar-refractivity contribution in [2.75, 3.05) is 27.4 Å². The first-order chi connectivity index (χ1) is 18.3. The summed E-state index contributed by atoms with van der Waals surface area (Å²) < 4.78 is 22.3. The molecule has 3 rings (SSSR count). The summed E-state index contributed by atoms with van der Waals surface area (Å²) in [6, 6.07) is 7.24. The molecule has 39 heavy (non-hydrogen) atoms. The Morgan fingerprint density at radius 3 is 2.23 bits per heavy atom. The highest BCUT2D eigenvalue weighted by Crippen LogP contribution is 2.36. The van der Waals surface area contributed by atoms with Crippen molar-refractivity contribution in [2.45, 2.75) is 72.3 Å². The van der Waals surface area contributed by atoms with Crippen LogP contribution < -0.4 is 10.8 Å². The molecule has 1 fully saturated rings. The Morgan fingerprint density at radius 1 is 1.08 bits per heavy atom. The molecule has 1 aromatic heterocycles. The summed E-state index contributed by atoms with van der Waals surface area (Å²) in [5, 5.41) is 2.67. The van der Waals surface area contributed by atoms with Gasteiger partial charge in [0.05, 0.1) is 43.4 Å². The predicted octanol–water partition coefficient (Wildman–Crippen LogP) is 3.37. The molecule has 1 aliphatic heterocycles. The highest BCUT2D eigenvalue weighted by Gasteiger charge is 2.51. The van der Waals surface area contributed by atoms with Crippen LogP contribution in [0.25, 0.3) is 11.3 Å². The smallest absolute Gasteiger partial charge is 0.453 e. The van der Waals surface area contributed by atoms with E-state index in [0.717, 1.165) is 16.7 Å². The fourth-order valence-corrected chi connectivity index (χ4v) is 4.41. The minimum Gasteiger partial charge on any atom is -0.453 e. The molecule has 0 radical (unpaired) electrons. The van der Waals surface area contributed by atoms with Crippen molar-refractivity contribution in [3.8, 4) is 11.3 Å². The van der Waals surface area contributed by atoms with E-state index < -0.39 is 30.5 Å². The molecule has 214 valence electrons. The number of amides is 2. The van der Waals surface area contributed by atoms with Gasteiger partial charge in [-0.25, -0.2) is 9.78 Å². The van der Waals surface area contributed by atoms with E-state index in [-0.39, 0.29) is 24.3 Å². The monoisotopic (exact) mass is 542 g/mol. The molecule has 0 saturated carbocycles. The van der Waals surface area contributed by atoms with E-state index >= 15 is 0 Å². The first-order valence-corrected chi connectivity index (χ1v) is 13.4. The van der Waals surface area contributed by atoms with Crippen LogP contribution in [0.4, 0.5) is 4.79 Å². The first-order valence-electron chi connectivity index (χ1n) is 13.4. The summed E-state index contributed by atoms with van der Waals surface area (Å²) in [7, 11) is 2.49. The van der Waals surface area contributed by atoms with Crippen molar-refractivity contribution < 1.29 is 28.4 Å². The zero-order valence-electron chi connectivity index (χ0n) is 24.7. The zero-order valence-corrected chi connectivity index (χ0v) is 24.7. The van der Waals surface area contributed by atoms with E-state index in [9.17, 15) is 9.59 Å². The normalized spacial score (nSPS) is 17.6. The maximum atomic E-state index is 13.6. The van der Waals surface area contributed by atoms with Crippen molar-refractivity contribution in [1.82, 2.24) is 20.2 Å². The van der Waals surface area contributed by atoms with Gasteiger partial charge in [0.2, 0.25) is 5.91 Å².